The second-order valence-electron chi connectivity index (χ2n) is 20.6. The Morgan fingerprint density at radius 3 is 2.26 bits per heavy atom. The Morgan fingerprint density at radius 2 is 1.62 bits per heavy atom. The summed E-state index contributed by atoms with van der Waals surface area (Å²) in [5.74, 6) is -7.48. The van der Waals surface area contributed by atoms with Gasteiger partial charge in [0.25, 0.3) is 0 Å². The molecule has 350 valence electrons. The monoisotopic (exact) mass is 866 g/mol. The van der Waals surface area contributed by atoms with Gasteiger partial charge in [0.2, 0.25) is 0 Å². The van der Waals surface area contributed by atoms with Gasteiger partial charge in [0.15, 0.2) is 29.4 Å². The topological polar surface area (TPSA) is 192 Å². The zero-order valence-electron chi connectivity index (χ0n) is 38.8. The summed E-state index contributed by atoms with van der Waals surface area (Å²) in [6.45, 7) is 20.7. The summed E-state index contributed by atoms with van der Waals surface area (Å²) < 4.78 is 53.9. The van der Waals surface area contributed by atoms with Gasteiger partial charge in [-0.2, -0.15) is 0 Å². The molecule has 0 aromatic rings. The number of carbonyl (C=O) groups is 2. The maximum atomic E-state index is 13.3. The first-order chi connectivity index (χ1) is 28.5. The smallest absolute Gasteiger partial charge is 0.192 e. The van der Waals surface area contributed by atoms with Crippen LogP contribution >= 0.6 is 0 Å². The predicted octanol–water partition coefficient (Wildman–Crippen LogP) is 4.81. The molecule has 6 heterocycles. The highest BCUT2D eigenvalue weighted by molar-refractivity contribution is 5.96. The van der Waals surface area contributed by atoms with E-state index in [4.69, 9.17) is 37.9 Å². The minimum atomic E-state index is -1.67. The SMILES string of the molecule is CO[C@H]1CCC(O[C@H]2C[C@H]([C@]3(C)CC[C@]4(C[C@H](O)[C@@H](C)[C@@H]([C@@H](C)/C=C(\C)C(=O)[C@H](C)C[C@H](C)C(=O)[O-])O4)O3)O[C@]3(O[C@@H]([C@H]4O[C@@](O)(CO)[C@H](C)C[C@@H]4C)C[C@@H]3C)[C@@H]2C)O[C@@H]1C. The van der Waals surface area contributed by atoms with Crippen molar-refractivity contribution in [3.05, 3.63) is 11.6 Å². The molecule has 3 N–H and O–H groups in total. The molecular weight excluding hydrogens is 789 g/mol. The summed E-state index contributed by atoms with van der Waals surface area (Å²) in [4.78, 5) is 24.7. The first kappa shape index (κ1) is 48.9. The van der Waals surface area contributed by atoms with Gasteiger partial charge in [0.1, 0.15) is 0 Å². The van der Waals surface area contributed by atoms with Crippen LogP contribution in [0, 0.1) is 47.3 Å². The summed E-state index contributed by atoms with van der Waals surface area (Å²) >= 11 is 0. The van der Waals surface area contributed by atoms with Gasteiger partial charge < -0.3 is 63.1 Å². The van der Waals surface area contributed by atoms with Crippen LogP contribution < -0.4 is 5.11 Å². The van der Waals surface area contributed by atoms with Gasteiger partial charge in [-0.05, 0) is 70.3 Å². The number of aliphatic hydroxyl groups is 3. The van der Waals surface area contributed by atoms with Gasteiger partial charge in [-0.15, -0.1) is 0 Å². The Bertz CT molecular complexity index is 1570. The number of aliphatic hydroxyl groups excluding tert-OH is 2. The molecule has 6 saturated heterocycles. The van der Waals surface area contributed by atoms with E-state index in [1.165, 1.54) is 0 Å². The minimum Gasteiger partial charge on any atom is -0.550 e. The summed E-state index contributed by atoms with van der Waals surface area (Å²) in [6.07, 6.45) is 3.10. The standard InChI is InChI=1S/C47H78O14/c1-24(40(50)25(2)18-28(5)43(51)52)17-26(3)41-31(8)34(49)22-45(59-41)16-15-44(11,61-45)38-21-36(56-39-14-13-35(54-12)33(10)55-39)32(9)47(58-38)30(7)20-37(57-47)42-27(4)19-29(6)46(53,23-48)60-42/h17,25-39,41-42,48-49,53H,13-16,18-23H2,1-12H3,(H,51,52)/p-1/b24-17+/t25-,26+,27+,28+,29-,30+,31-,32-,33-,34+,35+,36+,37-,38-,39?,41-,42+,44+,45-,46+,47+/m1/s1. The molecule has 61 heavy (non-hydrogen) atoms. The Hall–Kier alpha value is -1.56. The zero-order chi connectivity index (χ0) is 45.0. The number of rotatable bonds is 13. The lowest BCUT2D eigenvalue weighted by Crippen LogP contribution is -2.63. The third-order valence-corrected chi connectivity index (χ3v) is 15.8. The van der Waals surface area contributed by atoms with Crippen LogP contribution in [-0.4, -0.2) is 119 Å². The van der Waals surface area contributed by atoms with E-state index < -0.39 is 84.2 Å². The van der Waals surface area contributed by atoms with E-state index in [1.54, 1.807) is 27.9 Å². The van der Waals surface area contributed by atoms with Crippen LogP contribution in [0.3, 0.4) is 0 Å². The van der Waals surface area contributed by atoms with Crippen molar-refractivity contribution in [2.24, 2.45) is 47.3 Å². The zero-order valence-corrected chi connectivity index (χ0v) is 38.8. The van der Waals surface area contributed by atoms with Crippen LogP contribution in [0.1, 0.15) is 134 Å². The Labute approximate surface area is 363 Å². The molecule has 0 aromatic carbocycles. The van der Waals surface area contributed by atoms with E-state index in [0.717, 1.165) is 6.42 Å². The van der Waals surface area contributed by atoms with Crippen molar-refractivity contribution < 1.29 is 67.9 Å². The molecule has 6 aliphatic rings. The molecule has 0 radical (unpaired) electrons. The fourth-order valence-corrected chi connectivity index (χ4v) is 11.8. The molecular formula is C47H77O14-. The highest BCUT2D eigenvalue weighted by Gasteiger charge is 2.65. The number of methoxy groups -OCH3 is 1. The van der Waals surface area contributed by atoms with Crippen molar-refractivity contribution >= 4 is 11.8 Å². The highest BCUT2D eigenvalue weighted by Crippen LogP contribution is 2.56. The summed E-state index contributed by atoms with van der Waals surface area (Å²) in [5.41, 5.74) is -0.352. The number of carboxylic acids is 1. The number of ketones is 1. The van der Waals surface area contributed by atoms with Crippen LogP contribution in [0.25, 0.3) is 0 Å². The first-order valence-electron chi connectivity index (χ1n) is 23.2. The van der Waals surface area contributed by atoms with Crippen LogP contribution in [-0.2, 0) is 47.5 Å². The third kappa shape index (κ3) is 9.71. The van der Waals surface area contributed by atoms with Crippen LogP contribution in [0.4, 0.5) is 0 Å². The molecule has 0 amide bonds. The highest BCUT2D eigenvalue weighted by atomic mass is 16.8. The maximum Gasteiger partial charge on any atom is 0.192 e. The number of allylic oxidation sites excluding steroid dienone is 1. The van der Waals surface area contributed by atoms with Crippen molar-refractivity contribution in [3.63, 3.8) is 0 Å². The van der Waals surface area contributed by atoms with E-state index in [-0.39, 0.29) is 72.4 Å². The Morgan fingerprint density at radius 1 is 0.918 bits per heavy atom. The molecule has 6 fully saturated rings. The predicted molar refractivity (Wildman–Crippen MR) is 221 cm³/mol. The van der Waals surface area contributed by atoms with Gasteiger partial charge in [-0.1, -0.05) is 61.5 Å². The Balaban J connectivity index is 1.24. The van der Waals surface area contributed by atoms with E-state index in [2.05, 4.69) is 20.8 Å². The fourth-order valence-electron chi connectivity index (χ4n) is 11.8. The lowest BCUT2D eigenvalue weighted by molar-refractivity contribution is -0.390. The van der Waals surface area contributed by atoms with Gasteiger partial charge >= 0.3 is 0 Å². The lowest BCUT2D eigenvalue weighted by Gasteiger charge is -2.54. The van der Waals surface area contributed by atoms with Gasteiger partial charge in [0, 0.05) is 74.3 Å². The van der Waals surface area contributed by atoms with Crippen LogP contribution in [0.15, 0.2) is 11.6 Å². The molecule has 1 unspecified atom stereocenters. The number of carbonyl (C=O) groups excluding carboxylic acids is 2. The summed E-state index contributed by atoms with van der Waals surface area (Å²) in [6, 6.07) is 0. The number of Topliss-reactive ketones (excluding diaryl/α,β-unsaturated/α-hetero) is 1. The van der Waals surface area contributed by atoms with E-state index in [1.807, 2.05) is 40.7 Å². The van der Waals surface area contributed by atoms with Crippen molar-refractivity contribution in [1.29, 1.82) is 0 Å². The summed E-state index contributed by atoms with van der Waals surface area (Å²) in [7, 11) is 1.70. The number of ether oxygens (including phenoxy) is 8. The van der Waals surface area contributed by atoms with Crippen molar-refractivity contribution in [3.8, 4) is 0 Å². The molecule has 2 spiro atoms. The molecule has 0 saturated carbocycles. The molecule has 14 heteroatoms. The first-order valence-corrected chi connectivity index (χ1v) is 23.2. The van der Waals surface area contributed by atoms with E-state index >= 15 is 0 Å². The van der Waals surface area contributed by atoms with Crippen LogP contribution in [0.5, 0.6) is 0 Å². The average Bonchev–Trinajstić information content (AvgIpc) is 3.71. The van der Waals surface area contributed by atoms with E-state index in [9.17, 15) is 30.0 Å². The second kappa shape index (κ2) is 18.7. The lowest BCUT2D eigenvalue weighted by atomic mass is 9.76. The molecule has 0 bridgehead atoms. The number of aliphatic carboxylic acids is 1. The minimum absolute atomic E-state index is 0.0151. The molecule has 6 aliphatic heterocycles. The molecule has 14 nitrogen and oxygen atoms in total. The molecule has 21 atom stereocenters. The van der Waals surface area contributed by atoms with Crippen molar-refractivity contribution in [2.45, 2.75) is 212 Å². The largest absolute Gasteiger partial charge is 0.550 e. The second-order valence-corrected chi connectivity index (χ2v) is 20.6. The normalized spacial score (nSPS) is 48.6. The summed E-state index contributed by atoms with van der Waals surface area (Å²) in [5, 5.41) is 44.4. The molecule has 6 rings (SSSR count). The van der Waals surface area contributed by atoms with Crippen LogP contribution in [0.2, 0.25) is 0 Å². The molecule has 0 aliphatic carbocycles. The van der Waals surface area contributed by atoms with E-state index in [0.29, 0.717) is 44.1 Å². The van der Waals surface area contributed by atoms with Gasteiger partial charge in [0.05, 0.1) is 61.0 Å². The fraction of sp³-hybridized carbons (Fsp3) is 0.915. The average molecular weight is 866 g/mol. The molecule has 0 aromatic heterocycles. The number of carboxylic acid groups (broad SMARTS) is 1. The van der Waals surface area contributed by atoms with Gasteiger partial charge in [-0.3, -0.25) is 4.79 Å². The maximum absolute atomic E-state index is 13.3. The van der Waals surface area contributed by atoms with Crippen molar-refractivity contribution in [2.75, 3.05) is 13.7 Å². The third-order valence-electron chi connectivity index (χ3n) is 15.8. The van der Waals surface area contributed by atoms with Crippen molar-refractivity contribution in [1.82, 2.24) is 0 Å². The quantitative estimate of drug-likeness (QED) is 0.214. The Kier molecular flexibility index (Phi) is 15.0. The number of hydrogen-bond donors (Lipinski definition) is 3. The number of hydrogen-bond acceptors (Lipinski definition) is 14. The van der Waals surface area contributed by atoms with Gasteiger partial charge in [-0.25, -0.2) is 0 Å².